The molecular weight excluding hydrogens is 1220 g/mol. The molecular formula is C64H48N12O18. The number of nitrogen functional groups attached to an aromatic ring is 1. The van der Waals surface area contributed by atoms with Crippen LogP contribution in [0.1, 0.15) is 48.7 Å². The molecule has 0 aliphatic carbocycles. The van der Waals surface area contributed by atoms with Gasteiger partial charge in [-0.15, -0.1) is 0 Å². The minimum Gasteiger partial charge on any atom is -0.497 e. The van der Waals surface area contributed by atoms with Crippen LogP contribution in [0, 0.1) is 5.41 Å². The maximum absolute atomic E-state index is 13.3. The molecule has 94 heavy (non-hydrogen) atoms. The van der Waals surface area contributed by atoms with Crippen molar-refractivity contribution in [3.8, 4) is 45.9 Å². The van der Waals surface area contributed by atoms with Crippen molar-refractivity contribution >= 4 is 74.2 Å². The Morgan fingerprint density at radius 2 is 0.979 bits per heavy atom. The Morgan fingerprint density at radius 3 is 1.44 bits per heavy atom. The molecule has 4 aromatic heterocycles. The predicted molar refractivity (Wildman–Crippen MR) is 333 cm³/mol. The number of benzene rings is 6. The van der Waals surface area contributed by atoms with Gasteiger partial charge in [0.2, 0.25) is 0 Å². The van der Waals surface area contributed by atoms with Gasteiger partial charge in [-0.2, -0.15) is 19.6 Å². The molecule has 10 aromatic rings. The number of nitrogens with one attached hydrogen (secondary N) is 1. The number of carboxylic acid groups (broad SMARTS) is 2. The minimum absolute atomic E-state index is 0.0181. The van der Waals surface area contributed by atoms with Crippen LogP contribution >= 0.6 is 0 Å². The third-order valence-electron chi connectivity index (χ3n) is 14.6. The fraction of sp³-hybridized carbons (Fsp3) is 0.125. The van der Waals surface area contributed by atoms with Crippen LogP contribution in [-0.2, 0) is 35.8 Å². The van der Waals surface area contributed by atoms with Crippen molar-refractivity contribution in [3.63, 3.8) is 0 Å². The molecule has 0 radical (unpaired) electrons. The molecule has 30 heteroatoms. The standard InChI is InChI=1S/C31H24N6O7.C22H22N6O3.C10H2O6.CO2/c1-43-20-8-3-17(4-9-20)14-36-16-32-24-25-28(37(31(42)33-25)15-18-5-10-21(44-2)11-6-18)35-26(34-27(24)36)19-7-12-22(29(38)39)23(13-19)30(40)41;1-30-16-7-3-14(4-8-16)11-27-13-25-18(20(27)23)19-21(24)28(22(29)26-19)12-15-5-9-17(31-2)10-6-15;11-7-3-1-4-6(10(14)16-8(4)12)2-5(3)9(13)15-7;2-1-3/h3-13,16H,14-15H2,1-2H3,(H,38,39)(H,40,41);3-10,13,24H,11-12,23H2,1-2H3;1-2H;. The van der Waals surface area contributed by atoms with E-state index in [-0.39, 0.29) is 80.8 Å². The summed E-state index contributed by atoms with van der Waals surface area (Å²) in [4.78, 5) is 138. The molecule has 3 aliphatic rings. The number of hydrogen-bond acceptors (Lipinski definition) is 23. The summed E-state index contributed by atoms with van der Waals surface area (Å²) in [6.07, 6.45) is 3.41. The maximum atomic E-state index is 13.3. The topological polar surface area (TPSA) is 419 Å². The number of carbonyl (C=O) groups is 3. The van der Waals surface area contributed by atoms with Crippen molar-refractivity contribution < 1.29 is 62.0 Å². The van der Waals surface area contributed by atoms with E-state index in [1.807, 2.05) is 72.8 Å². The van der Waals surface area contributed by atoms with Gasteiger partial charge in [-0.3, -0.25) is 14.9 Å². The van der Waals surface area contributed by atoms with Crippen molar-refractivity contribution in [2.24, 2.45) is 4.99 Å². The number of anilines is 1. The van der Waals surface area contributed by atoms with Crippen LogP contribution in [0.15, 0.2) is 178 Å². The number of aliphatic imine (C=N–C) groups is 1. The SMILES string of the molecule is COc1ccc(CN2C(=N)C(c3ncn(Cc4ccc(OC)cc4)c3N)=NC2=O)cc1.COc1ccc(Cn2c3nc(-c4ccc(C(=O)O)c(C(=O)O)c4)nc4c(ncn4Cc4ccc(OC)cc4)c-3nc2=O)cc1.O=C=O.O=c1oc(=O)c2cc3c(=O)oc(=O)c3cc12. The summed E-state index contributed by atoms with van der Waals surface area (Å²) in [5.74, 6) is 0.595. The molecule has 7 heterocycles. The Balaban J connectivity index is 0.000000166. The van der Waals surface area contributed by atoms with Crippen LogP contribution < -0.4 is 52.9 Å². The van der Waals surface area contributed by atoms with Crippen LogP contribution in [0.3, 0.4) is 0 Å². The second kappa shape index (κ2) is 27.2. The number of aromatic nitrogens is 8. The fourth-order valence-electron chi connectivity index (χ4n) is 9.81. The van der Waals surface area contributed by atoms with Gasteiger partial charge in [0, 0.05) is 5.56 Å². The second-order valence-electron chi connectivity index (χ2n) is 20.2. The Kier molecular flexibility index (Phi) is 18.4. The lowest BCUT2D eigenvalue weighted by Crippen LogP contribution is -2.32. The number of methoxy groups -OCH3 is 4. The third kappa shape index (κ3) is 13.2. The molecule has 5 N–H and O–H groups in total. The van der Waals surface area contributed by atoms with Crippen LogP contribution in [-0.4, -0.2) is 118 Å². The minimum atomic E-state index is -1.42. The largest absolute Gasteiger partial charge is 0.497 e. The van der Waals surface area contributed by atoms with E-state index in [1.54, 1.807) is 74.5 Å². The summed E-state index contributed by atoms with van der Waals surface area (Å²) in [7, 11) is 6.35. The number of rotatable bonds is 16. The van der Waals surface area contributed by atoms with E-state index < -0.39 is 51.7 Å². The van der Waals surface area contributed by atoms with Crippen LogP contribution in [0.25, 0.3) is 55.6 Å². The monoisotopic (exact) mass is 1270 g/mol. The number of amidine groups is 1. The highest BCUT2D eigenvalue weighted by Gasteiger charge is 2.34. The van der Waals surface area contributed by atoms with Crippen molar-refractivity contribution in [3.05, 3.63) is 231 Å². The molecule has 30 nitrogen and oxygen atoms in total. The summed E-state index contributed by atoms with van der Waals surface area (Å²) < 4.78 is 34.4. The first kappa shape index (κ1) is 63.6. The number of carbonyl (C=O) groups excluding carboxylic acids is 3. The second-order valence-corrected chi connectivity index (χ2v) is 20.2. The zero-order valence-electron chi connectivity index (χ0n) is 49.6. The summed E-state index contributed by atoms with van der Waals surface area (Å²) in [6.45, 7) is 1.20. The lowest BCUT2D eigenvalue weighted by molar-refractivity contribution is -0.191. The molecule has 0 atom stereocenters. The van der Waals surface area contributed by atoms with Crippen LogP contribution in [0.4, 0.5) is 10.6 Å². The molecule has 0 saturated heterocycles. The molecule has 3 aliphatic heterocycles. The lowest BCUT2D eigenvalue weighted by atomic mass is 10.0. The number of amides is 2. The highest BCUT2D eigenvalue weighted by Crippen LogP contribution is 2.30. The van der Waals surface area contributed by atoms with Crippen LogP contribution in [0.5, 0.6) is 23.0 Å². The highest BCUT2D eigenvalue weighted by molar-refractivity contribution is 6.52. The van der Waals surface area contributed by atoms with E-state index in [9.17, 15) is 48.6 Å². The molecule has 0 unspecified atom stereocenters. The molecule has 2 amide bonds. The van der Waals surface area contributed by atoms with E-state index in [0.717, 1.165) is 45.9 Å². The van der Waals surface area contributed by atoms with Gasteiger partial charge < -0.3 is 52.9 Å². The number of nitrogens with two attached hydrogens (primary N) is 1. The summed E-state index contributed by atoms with van der Waals surface area (Å²) in [5.41, 5.74) is 6.77. The van der Waals surface area contributed by atoms with Gasteiger partial charge in [0.15, 0.2) is 23.1 Å². The molecule has 13 rings (SSSR count). The molecule has 6 aromatic carbocycles. The van der Waals surface area contributed by atoms with Crippen molar-refractivity contribution in [2.75, 3.05) is 34.2 Å². The van der Waals surface area contributed by atoms with Crippen molar-refractivity contribution in [1.82, 2.24) is 43.5 Å². The Labute approximate surface area is 525 Å². The first-order valence-corrected chi connectivity index (χ1v) is 27.5. The molecule has 472 valence electrons. The first-order valence-electron chi connectivity index (χ1n) is 27.5. The van der Waals surface area contributed by atoms with E-state index >= 15 is 0 Å². The number of hydrogen-bond donors (Lipinski definition) is 4. The molecule has 0 spiro atoms. The normalized spacial score (nSPS) is 11.7. The smallest absolute Gasteiger partial charge is 0.373 e. The average molecular weight is 1270 g/mol. The van der Waals surface area contributed by atoms with E-state index in [4.69, 9.17) is 49.6 Å². The van der Waals surface area contributed by atoms with Gasteiger partial charge in [0.05, 0.1) is 99.9 Å². The summed E-state index contributed by atoms with van der Waals surface area (Å²) in [5, 5.41) is 27.7. The molecule has 0 bridgehead atoms. The predicted octanol–water partition coefficient (Wildman–Crippen LogP) is 5.51. The summed E-state index contributed by atoms with van der Waals surface area (Å²) in [6, 6.07) is 35.1. The van der Waals surface area contributed by atoms with Gasteiger partial charge in [-0.05, 0) is 95.1 Å². The quantitative estimate of drug-likeness (QED) is 0.0926. The van der Waals surface area contributed by atoms with Gasteiger partial charge in [-0.25, -0.2) is 58.3 Å². The zero-order valence-corrected chi connectivity index (χ0v) is 49.6. The average Bonchev–Trinajstić information content (AvgIpc) is 1.61. The number of aromatic carboxylic acids is 2. The van der Waals surface area contributed by atoms with Gasteiger partial charge in [0.1, 0.15) is 51.4 Å². The zero-order chi connectivity index (χ0) is 67.1. The van der Waals surface area contributed by atoms with Crippen molar-refractivity contribution in [2.45, 2.75) is 26.2 Å². The Hall–Kier alpha value is -13.4. The lowest BCUT2D eigenvalue weighted by Gasteiger charge is -2.15. The number of urea groups is 1. The van der Waals surface area contributed by atoms with Crippen molar-refractivity contribution in [1.29, 1.82) is 5.41 Å². The van der Waals surface area contributed by atoms with E-state index in [1.165, 1.54) is 27.7 Å². The number of furan rings is 2. The number of nitrogens with zero attached hydrogens (tertiary/aromatic N) is 10. The van der Waals surface area contributed by atoms with Gasteiger partial charge in [0.25, 0.3) is 0 Å². The maximum Gasteiger partial charge on any atom is 0.373 e. The van der Waals surface area contributed by atoms with E-state index in [0.29, 0.717) is 47.3 Å². The third-order valence-corrected chi connectivity index (χ3v) is 14.6. The first-order chi connectivity index (χ1) is 45.2. The molecule has 0 fully saturated rings. The number of imidazole rings is 3. The Morgan fingerprint density at radius 1 is 0.543 bits per heavy atom. The number of ether oxygens (including phenoxy) is 4. The highest BCUT2D eigenvalue weighted by atomic mass is 16.5. The van der Waals surface area contributed by atoms with Gasteiger partial charge in [-0.1, -0.05) is 54.6 Å². The summed E-state index contributed by atoms with van der Waals surface area (Å²) >= 11 is 0. The van der Waals surface area contributed by atoms with E-state index in [2.05, 4.69) is 28.8 Å². The number of carboxylic acids is 2. The Bertz CT molecular complexity index is 5080. The fourth-order valence-corrected chi connectivity index (χ4v) is 9.81. The number of fused-ring (bicyclic) bond motifs is 5. The molecule has 0 saturated carbocycles. The van der Waals surface area contributed by atoms with Gasteiger partial charge >= 0.3 is 52.3 Å². The van der Waals surface area contributed by atoms with Crippen LogP contribution in [0.2, 0.25) is 0 Å².